The smallest absolute Gasteiger partial charge is 0.227 e. The van der Waals surface area contributed by atoms with Crippen molar-refractivity contribution in [1.82, 2.24) is 4.90 Å². The maximum atomic E-state index is 12.5. The van der Waals surface area contributed by atoms with Crippen LogP contribution in [0.1, 0.15) is 42.4 Å². The van der Waals surface area contributed by atoms with E-state index in [0.717, 1.165) is 42.8 Å². The van der Waals surface area contributed by atoms with Gasteiger partial charge in [0.15, 0.2) is 0 Å². The molecule has 1 fully saturated rings. The first-order chi connectivity index (χ1) is 9.61. The van der Waals surface area contributed by atoms with Crippen LogP contribution in [0.3, 0.4) is 0 Å². The molecule has 1 aliphatic rings. The first kappa shape index (κ1) is 14.9. The zero-order valence-corrected chi connectivity index (χ0v) is 12.9. The second-order valence-corrected chi connectivity index (χ2v) is 5.75. The highest BCUT2D eigenvalue weighted by atomic mass is 16.5. The van der Waals surface area contributed by atoms with Gasteiger partial charge in [0.1, 0.15) is 5.75 Å². The number of aryl methyl sites for hydroxylation is 2. The average Bonchev–Trinajstić information content (AvgIpc) is 2.67. The predicted octanol–water partition coefficient (Wildman–Crippen LogP) is 3.26. The molecule has 110 valence electrons. The minimum atomic E-state index is 0.232. The SMILES string of the molecule is COc1c(C)cc(C)cc1CC(=O)N1CCCCCC1. The summed E-state index contributed by atoms with van der Waals surface area (Å²) >= 11 is 0. The molecule has 1 heterocycles. The Hall–Kier alpha value is -1.51. The van der Waals surface area contributed by atoms with Crippen LogP contribution in [-0.2, 0) is 11.2 Å². The Morgan fingerprint density at radius 3 is 2.40 bits per heavy atom. The Labute approximate surface area is 121 Å². The van der Waals surface area contributed by atoms with Crippen molar-refractivity contribution in [3.63, 3.8) is 0 Å². The van der Waals surface area contributed by atoms with Crippen molar-refractivity contribution in [3.05, 3.63) is 28.8 Å². The van der Waals surface area contributed by atoms with Crippen molar-refractivity contribution in [3.8, 4) is 5.75 Å². The van der Waals surface area contributed by atoms with E-state index >= 15 is 0 Å². The van der Waals surface area contributed by atoms with Crippen molar-refractivity contribution in [2.45, 2.75) is 46.0 Å². The molecule has 0 aliphatic carbocycles. The lowest BCUT2D eigenvalue weighted by Gasteiger charge is -2.21. The summed E-state index contributed by atoms with van der Waals surface area (Å²) in [7, 11) is 1.68. The van der Waals surface area contributed by atoms with Crippen LogP contribution in [0.5, 0.6) is 5.75 Å². The van der Waals surface area contributed by atoms with E-state index in [-0.39, 0.29) is 5.91 Å². The molecule has 0 unspecified atom stereocenters. The van der Waals surface area contributed by atoms with Crippen molar-refractivity contribution >= 4 is 5.91 Å². The molecule has 0 N–H and O–H groups in total. The first-order valence-corrected chi connectivity index (χ1v) is 7.53. The van der Waals surface area contributed by atoms with Crippen LogP contribution in [0.15, 0.2) is 12.1 Å². The highest BCUT2D eigenvalue weighted by Crippen LogP contribution is 2.26. The van der Waals surface area contributed by atoms with Gasteiger partial charge in [-0.3, -0.25) is 4.79 Å². The van der Waals surface area contributed by atoms with Crippen LogP contribution in [0, 0.1) is 13.8 Å². The number of rotatable bonds is 3. The van der Waals surface area contributed by atoms with E-state index in [1.807, 2.05) is 11.8 Å². The van der Waals surface area contributed by atoms with Gasteiger partial charge in [-0.2, -0.15) is 0 Å². The maximum absolute atomic E-state index is 12.5. The van der Waals surface area contributed by atoms with E-state index in [1.165, 1.54) is 18.4 Å². The van der Waals surface area contributed by atoms with Crippen molar-refractivity contribution < 1.29 is 9.53 Å². The summed E-state index contributed by atoms with van der Waals surface area (Å²) in [6, 6.07) is 4.17. The number of hydrogen-bond acceptors (Lipinski definition) is 2. The number of carbonyl (C=O) groups excluding carboxylic acids is 1. The molecule has 1 aromatic rings. The lowest BCUT2D eigenvalue weighted by atomic mass is 10.0. The summed E-state index contributed by atoms with van der Waals surface area (Å²) in [5, 5.41) is 0. The monoisotopic (exact) mass is 275 g/mol. The van der Waals surface area contributed by atoms with Crippen molar-refractivity contribution in [2.75, 3.05) is 20.2 Å². The van der Waals surface area contributed by atoms with Crippen LogP contribution in [0.25, 0.3) is 0 Å². The fourth-order valence-corrected chi connectivity index (χ4v) is 3.06. The summed E-state index contributed by atoms with van der Waals surface area (Å²) in [4.78, 5) is 14.5. The Balaban J connectivity index is 2.14. The quantitative estimate of drug-likeness (QED) is 0.847. The maximum Gasteiger partial charge on any atom is 0.227 e. The van der Waals surface area contributed by atoms with Crippen LogP contribution >= 0.6 is 0 Å². The largest absolute Gasteiger partial charge is 0.496 e. The summed E-state index contributed by atoms with van der Waals surface area (Å²) in [5.41, 5.74) is 3.30. The zero-order chi connectivity index (χ0) is 14.5. The molecule has 20 heavy (non-hydrogen) atoms. The Morgan fingerprint density at radius 2 is 1.80 bits per heavy atom. The zero-order valence-electron chi connectivity index (χ0n) is 12.9. The number of nitrogens with zero attached hydrogens (tertiary/aromatic N) is 1. The van der Waals surface area contributed by atoms with Gasteiger partial charge in [0.2, 0.25) is 5.91 Å². The van der Waals surface area contributed by atoms with E-state index in [1.54, 1.807) is 7.11 Å². The van der Waals surface area contributed by atoms with Crippen LogP contribution < -0.4 is 4.74 Å². The third kappa shape index (κ3) is 3.53. The van der Waals surface area contributed by atoms with Crippen LogP contribution in [0.2, 0.25) is 0 Å². The molecule has 3 nitrogen and oxygen atoms in total. The minimum Gasteiger partial charge on any atom is -0.496 e. The number of methoxy groups -OCH3 is 1. The molecule has 0 spiro atoms. The van der Waals surface area contributed by atoms with E-state index in [2.05, 4.69) is 19.1 Å². The molecule has 3 heteroatoms. The second-order valence-electron chi connectivity index (χ2n) is 5.75. The van der Waals surface area contributed by atoms with Crippen LogP contribution in [0.4, 0.5) is 0 Å². The Morgan fingerprint density at radius 1 is 1.15 bits per heavy atom. The highest BCUT2D eigenvalue weighted by Gasteiger charge is 2.18. The number of carbonyl (C=O) groups is 1. The van der Waals surface area contributed by atoms with Crippen molar-refractivity contribution in [2.24, 2.45) is 0 Å². The molecule has 1 aromatic carbocycles. The Kier molecular flexibility index (Phi) is 5.05. The molecule has 2 rings (SSSR count). The fourth-order valence-electron chi connectivity index (χ4n) is 3.06. The topological polar surface area (TPSA) is 29.5 Å². The summed E-state index contributed by atoms with van der Waals surface area (Å²) in [5.74, 6) is 1.09. The minimum absolute atomic E-state index is 0.232. The van der Waals surface area contributed by atoms with Gasteiger partial charge in [0.05, 0.1) is 13.5 Å². The predicted molar refractivity (Wildman–Crippen MR) is 81.2 cm³/mol. The van der Waals surface area contributed by atoms with Gasteiger partial charge < -0.3 is 9.64 Å². The third-order valence-corrected chi connectivity index (χ3v) is 4.00. The summed E-state index contributed by atoms with van der Waals surface area (Å²) < 4.78 is 5.47. The van der Waals surface area contributed by atoms with Gasteiger partial charge in [0.25, 0.3) is 0 Å². The average molecular weight is 275 g/mol. The number of likely N-dealkylation sites (tertiary alicyclic amines) is 1. The van der Waals surface area contributed by atoms with E-state index in [9.17, 15) is 4.79 Å². The number of ether oxygens (including phenoxy) is 1. The molecule has 0 saturated carbocycles. The van der Waals surface area contributed by atoms with E-state index < -0.39 is 0 Å². The van der Waals surface area contributed by atoms with E-state index in [0.29, 0.717) is 6.42 Å². The summed E-state index contributed by atoms with van der Waals surface area (Å²) in [6.45, 7) is 5.91. The van der Waals surface area contributed by atoms with Gasteiger partial charge in [-0.25, -0.2) is 0 Å². The molecular formula is C17H25NO2. The lowest BCUT2D eigenvalue weighted by molar-refractivity contribution is -0.130. The van der Waals surface area contributed by atoms with Crippen LogP contribution in [-0.4, -0.2) is 31.0 Å². The molecule has 0 bridgehead atoms. The van der Waals surface area contributed by atoms with Gasteiger partial charge >= 0.3 is 0 Å². The molecule has 1 amide bonds. The summed E-state index contributed by atoms with van der Waals surface area (Å²) in [6.07, 6.45) is 5.21. The third-order valence-electron chi connectivity index (χ3n) is 4.00. The van der Waals surface area contributed by atoms with Gasteiger partial charge in [-0.1, -0.05) is 30.5 Å². The number of hydrogen-bond donors (Lipinski definition) is 0. The van der Waals surface area contributed by atoms with Gasteiger partial charge in [0, 0.05) is 18.7 Å². The Bertz CT molecular complexity index is 474. The standard InChI is InChI=1S/C17H25NO2/c1-13-10-14(2)17(20-3)15(11-13)12-16(19)18-8-6-4-5-7-9-18/h10-11H,4-9,12H2,1-3H3. The fraction of sp³-hybridized carbons (Fsp3) is 0.588. The molecule has 0 radical (unpaired) electrons. The molecular weight excluding hydrogens is 250 g/mol. The first-order valence-electron chi connectivity index (χ1n) is 7.53. The second kappa shape index (κ2) is 6.78. The van der Waals surface area contributed by atoms with Gasteiger partial charge in [-0.15, -0.1) is 0 Å². The van der Waals surface area contributed by atoms with Gasteiger partial charge in [-0.05, 0) is 32.3 Å². The van der Waals surface area contributed by atoms with Crippen molar-refractivity contribution in [1.29, 1.82) is 0 Å². The number of amides is 1. The number of benzene rings is 1. The molecule has 0 aromatic heterocycles. The normalized spacial score (nSPS) is 15.8. The molecule has 1 aliphatic heterocycles. The molecule has 1 saturated heterocycles. The molecule has 0 atom stereocenters. The highest BCUT2D eigenvalue weighted by molar-refractivity contribution is 5.79. The van der Waals surface area contributed by atoms with E-state index in [4.69, 9.17) is 4.74 Å². The lowest BCUT2D eigenvalue weighted by Crippen LogP contribution is -2.33.